The van der Waals surface area contributed by atoms with Crippen LogP contribution in [0.4, 0.5) is 0 Å². The van der Waals surface area contributed by atoms with E-state index in [4.69, 9.17) is 21.1 Å². The Kier molecular flexibility index (Phi) is 6.75. The van der Waals surface area contributed by atoms with Gasteiger partial charge in [0.05, 0.1) is 10.5 Å². The summed E-state index contributed by atoms with van der Waals surface area (Å²) in [5.41, 5.74) is 0.324. The third kappa shape index (κ3) is 6.20. The minimum atomic E-state index is -0.985. The van der Waals surface area contributed by atoms with Gasteiger partial charge in [0.25, 0.3) is 0 Å². The molecule has 0 amide bonds. The Morgan fingerprint density at radius 1 is 0.733 bits per heavy atom. The van der Waals surface area contributed by atoms with Gasteiger partial charge in [0.1, 0.15) is 22.7 Å². The molecule has 0 radical (unpaired) electrons. The quantitative estimate of drug-likeness (QED) is 0.465. The molecule has 3 aromatic rings. The molecule has 0 aliphatic heterocycles. The van der Waals surface area contributed by atoms with Gasteiger partial charge in [0.2, 0.25) is 0 Å². The van der Waals surface area contributed by atoms with E-state index in [0.717, 1.165) is 27.5 Å². The van der Waals surface area contributed by atoms with Crippen molar-refractivity contribution in [2.24, 2.45) is 0 Å². The van der Waals surface area contributed by atoms with Gasteiger partial charge in [-0.05, 0) is 88.5 Å². The minimum Gasteiger partial charge on any atom is -0.488 e. The van der Waals surface area contributed by atoms with Crippen molar-refractivity contribution < 1.29 is 9.47 Å². The largest absolute Gasteiger partial charge is 0.488 e. The normalized spacial score (nSPS) is 12.1. The summed E-state index contributed by atoms with van der Waals surface area (Å²) in [6.07, 6.45) is 1.79. The maximum atomic E-state index is 6.60. The number of rotatable bonds is 5. The lowest BCUT2D eigenvalue weighted by molar-refractivity contribution is 0.130. The van der Waals surface area contributed by atoms with Crippen LogP contribution < -0.4 is 25.5 Å². The minimum absolute atomic E-state index is 0.273. The highest BCUT2D eigenvalue weighted by molar-refractivity contribution is 7.79. The summed E-state index contributed by atoms with van der Waals surface area (Å²) in [5, 5.41) is 2.91. The van der Waals surface area contributed by atoms with Crippen molar-refractivity contribution in [3.63, 3.8) is 0 Å². The smallest absolute Gasteiger partial charge is 0.120 e. The second-order valence-electron chi connectivity index (χ2n) is 9.07. The van der Waals surface area contributed by atoms with Gasteiger partial charge < -0.3 is 9.47 Å². The second kappa shape index (κ2) is 8.96. The number of pyridine rings is 1. The standard InChI is InChI=1S/C25H29ClNO2P/c1-24(2,3)28-18-10-7-12-20(16-18)30(23-22(26)14-9-15-27-23)21-13-8-11-19(17-21)29-25(4,5)6/h7-17H,1-6H3. The van der Waals surface area contributed by atoms with Crippen molar-refractivity contribution in [1.29, 1.82) is 0 Å². The van der Waals surface area contributed by atoms with Gasteiger partial charge in [-0.15, -0.1) is 0 Å². The topological polar surface area (TPSA) is 31.4 Å². The molecule has 0 bridgehead atoms. The molecule has 3 nitrogen and oxygen atoms in total. The van der Waals surface area contributed by atoms with E-state index in [9.17, 15) is 0 Å². The van der Waals surface area contributed by atoms with Gasteiger partial charge >= 0.3 is 0 Å². The highest BCUT2D eigenvalue weighted by Gasteiger charge is 2.23. The molecule has 1 heterocycles. The van der Waals surface area contributed by atoms with E-state index in [1.165, 1.54) is 0 Å². The fourth-order valence-electron chi connectivity index (χ4n) is 3.01. The summed E-state index contributed by atoms with van der Waals surface area (Å²) < 4.78 is 12.2. The lowest BCUT2D eigenvalue weighted by Gasteiger charge is -2.25. The van der Waals surface area contributed by atoms with E-state index in [1.807, 2.05) is 77.9 Å². The molecule has 0 aliphatic carbocycles. The average molecular weight is 442 g/mol. The Hall–Kier alpha value is -2.09. The number of hydrogen-bond acceptors (Lipinski definition) is 3. The Morgan fingerprint density at radius 2 is 1.23 bits per heavy atom. The number of hydrogen-bond donors (Lipinski definition) is 0. The van der Waals surface area contributed by atoms with Crippen molar-refractivity contribution in [1.82, 2.24) is 4.98 Å². The lowest BCUT2D eigenvalue weighted by Crippen LogP contribution is -2.27. The molecule has 0 unspecified atom stereocenters. The third-order valence-corrected chi connectivity index (χ3v) is 6.76. The van der Waals surface area contributed by atoms with Gasteiger partial charge in [-0.3, -0.25) is 4.98 Å². The molecule has 3 rings (SSSR count). The van der Waals surface area contributed by atoms with E-state index in [-0.39, 0.29) is 11.2 Å². The lowest BCUT2D eigenvalue weighted by atomic mass is 10.2. The van der Waals surface area contributed by atoms with Gasteiger partial charge in [0, 0.05) is 14.1 Å². The SMILES string of the molecule is CC(C)(C)Oc1cccc(P(c2cccc(OC(C)(C)C)c2)c2ncccc2Cl)c1. The first-order valence-corrected chi connectivity index (χ1v) is 11.7. The maximum absolute atomic E-state index is 6.60. The maximum Gasteiger partial charge on any atom is 0.120 e. The predicted octanol–water partition coefficient (Wildman–Crippen LogP) is 5.85. The molecule has 0 saturated heterocycles. The van der Waals surface area contributed by atoms with Crippen LogP contribution in [0, 0.1) is 0 Å². The van der Waals surface area contributed by atoms with Gasteiger partial charge in [-0.1, -0.05) is 35.9 Å². The number of aromatic nitrogens is 1. The monoisotopic (exact) mass is 441 g/mol. The zero-order valence-corrected chi connectivity index (χ0v) is 20.1. The summed E-state index contributed by atoms with van der Waals surface area (Å²) in [6.45, 7) is 12.3. The van der Waals surface area contributed by atoms with Crippen LogP contribution in [0.5, 0.6) is 11.5 Å². The van der Waals surface area contributed by atoms with Gasteiger partial charge in [-0.2, -0.15) is 0 Å². The molecular formula is C25H29ClNO2P. The molecular weight excluding hydrogens is 413 g/mol. The third-order valence-electron chi connectivity index (χ3n) is 3.95. The Morgan fingerprint density at radius 3 is 1.67 bits per heavy atom. The van der Waals surface area contributed by atoms with Crippen LogP contribution in [0.2, 0.25) is 5.02 Å². The highest BCUT2D eigenvalue weighted by Crippen LogP contribution is 2.37. The summed E-state index contributed by atoms with van der Waals surface area (Å²) in [6, 6.07) is 20.2. The second-order valence-corrected chi connectivity index (χ2v) is 11.6. The zero-order chi connectivity index (χ0) is 21.9. The fraction of sp³-hybridized carbons (Fsp3) is 0.320. The zero-order valence-electron chi connectivity index (χ0n) is 18.4. The molecule has 0 aliphatic rings. The first-order chi connectivity index (χ1) is 14.0. The first kappa shape index (κ1) is 22.6. The molecule has 0 atom stereocenters. The van der Waals surface area contributed by atoms with Crippen LogP contribution in [0.15, 0.2) is 66.9 Å². The van der Waals surface area contributed by atoms with Crippen LogP contribution in [0.25, 0.3) is 0 Å². The molecule has 0 spiro atoms. The van der Waals surface area contributed by atoms with E-state index in [1.54, 1.807) is 6.20 Å². The first-order valence-electron chi connectivity index (χ1n) is 10.0. The van der Waals surface area contributed by atoms with Crippen molar-refractivity contribution in [3.8, 4) is 11.5 Å². The Bertz CT molecular complexity index is 949. The van der Waals surface area contributed by atoms with Crippen LogP contribution in [-0.4, -0.2) is 16.2 Å². The molecule has 5 heteroatoms. The summed E-state index contributed by atoms with van der Waals surface area (Å²) >= 11 is 6.60. The predicted molar refractivity (Wildman–Crippen MR) is 129 cm³/mol. The van der Waals surface area contributed by atoms with Crippen LogP contribution in [0.3, 0.4) is 0 Å². The number of benzene rings is 2. The van der Waals surface area contributed by atoms with Crippen molar-refractivity contribution in [2.45, 2.75) is 52.7 Å². The molecule has 0 saturated carbocycles. The Labute approximate surface area is 186 Å². The van der Waals surface area contributed by atoms with Gasteiger partial charge in [0.15, 0.2) is 0 Å². The van der Waals surface area contributed by atoms with Crippen LogP contribution >= 0.6 is 19.5 Å². The molecule has 0 fully saturated rings. The van der Waals surface area contributed by atoms with E-state index in [2.05, 4.69) is 29.2 Å². The molecule has 0 N–H and O–H groups in total. The number of halogens is 1. The van der Waals surface area contributed by atoms with Gasteiger partial charge in [-0.25, -0.2) is 0 Å². The highest BCUT2D eigenvalue weighted by atomic mass is 35.5. The molecule has 1 aromatic heterocycles. The molecule has 2 aromatic carbocycles. The van der Waals surface area contributed by atoms with Crippen LogP contribution in [-0.2, 0) is 0 Å². The van der Waals surface area contributed by atoms with E-state index < -0.39 is 7.92 Å². The number of nitrogens with zero attached hydrogens (tertiary/aromatic N) is 1. The molecule has 30 heavy (non-hydrogen) atoms. The van der Waals surface area contributed by atoms with Crippen LogP contribution in [0.1, 0.15) is 41.5 Å². The summed E-state index contributed by atoms with van der Waals surface area (Å²) in [5.74, 6) is 1.67. The average Bonchev–Trinajstić information content (AvgIpc) is 2.61. The van der Waals surface area contributed by atoms with E-state index in [0.29, 0.717) is 5.02 Å². The summed E-state index contributed by atoms with van der Waals surface area (Å²) in [4.78, 5) is 4.66. The fourth-order valence-corrected chi connectivity index (χ4v) is 5.63. The van der Waals surface area contributed by atoms with Crippen molar-refractivity contribution in [3.05, 3.63) is 71.9 Å². The summed E-state index contributed by atoms with van der Waals surface area (Å²) in [7, 11) is -0.985. The van der Waals surface area contributed by atoms with E-state index >= 15 is 0 Å². The van der Waals surface area contributed by atoms with Crippen molar-refractivity contribution in [2.75, 3.05) is 0 Å². The number of ether oxygens (including phenoxy) is 2. The van der Waals surface area contributed by atoms with Crippen molar-refractivity contribution >= 4 is 35.6 Å². The Balaban J connectivity index is 2.11. The molecule has 158 valence electrons.